The predicted molar refractivity (Wildman–Crippen MR) is 64.0 cm³/mol. The van der Waals surface area contributed by atoms with Crippen LogP contribution in [0.25, 0.3) is 6.08 Å². The van der Waals surface area contributed by atoms with Gasteiger partial charge in [-0.2, -0.15) is 0 Å². The molecule has 2 heterocycles. The van der Waals surface area contributed by atoms with E-state index in [1.165, 1.54) is 37.9 Å². The molecule has 0 aromatic carbocycles. The van der Waals surface area contributed by atoms with E-state index in [2.05, 4.69) is 4.74 Å². The molecular formula is C12H11FO4S. The minimum absolute atomic E-state index is 0.317. The Morgan fingerprint density at radius 2 is 2.17 bits per heavy atom. The van der Waals surface area contributed by atoms with Gasteiger partial charge in [0.05, 0.1) is 7.11 Å². The van der Waals surface area contributed by atoms with Gasteiger partial charge in [-0.3, -0.25) is 0 Å². The number of carbonyl (C=O) groups excluding carboxylic acids is 1. The van der Waals surface area contributed by atoms with Gasteiger partial charge in [0.1, 0.15) is 23.2 Å². The average Bonchev–Trinajstić information content (AvgIpc) is 2.93. The predicted octanol–water partition coefficient (Wildman–Crippen LogP) is 2.76. The van der Waals surface area contributed by atoms with Crippen LogP contribution >= 0.6 is 11.3 Å². The summed E-state index contributed by atoms with van der Waals surface area (Å²) in [6, 6.07) is 1.32. The fourth-order valence-electron chi connectivity index (χ4n) is 1.45. The maximum Gasteiger partial charge on any atom is 0.330 e. The van der Waals surface area contributed by atoms with Crippen LogP contribution in [0.2, 0.25) is 0 Å². The number of methoxy groups -OCH3 is 1. The molecule has 0 radical (unpaired) electrons. The van der Waals surface area contributed by atoms with Crippen molar-refractivity contribution in [3.05, 3.63) is 40.2 Å². The highest BCUT2D eigenvalue weighted by Crippen LogP contribution is 2.38. The van der Waals surface area contributed by atoms with E-state index in [4.69, 9.17) is 9.47 Å². The molecule has 0 N–H and O–H groups in total. The number of hydrogen-bond donors (Lipinski definition) is 0. The third kappa shape index (κ3) is 2.38. The first kappa shape index (κ1) is 12.6. The van der Waals surface area contributed by atoms with Gasteiger partial charge in [0.25, 0.3) is 5.79 Å². The lowest BCUT2D eigenvalue weighted by atomic mass is 10.2. The SMILES string of the molecule is COC(=O)/C=C/c1cc(F)c(C2(C)OC=CO2)s1. The summed E-state index contributed by atoms with van der Waals surface area (Å²) in [7, 11) is 1.28. The summed E-state index contributed by atoms with van der Waals surface area (Å²) in [5, 5.41) is 0. The highest BCUT2D eigenvalue weighted by atomic mass is 32.1. The summed E-state index contributed by atoms with van der Waals surface area (Å²) in [5.41, 5.74) is 0. The number of carbonyl (C=O) groups is 1. The fourth-order valence-corrected chi connectivity index (χ4v) is 2.42. The molecule has 4 nitrogen and oxygen atoms in total. The molecule has 0 amide bonds. The first-order chi connectivity index (χ1) is 8.55. The maximum absolute atomic E-state index is 13.8. The van der Waals surface area contributed by atoms with Crippen molar-refractivity contribution in [1.29, 1.82) is 0 Å². The van der Waals surface area contributed by atoms with E-state index < -0.39 is 17.6 Å². The number of esters is 1. The van der Waals surface area contributed by atoms with Gasteiger partial charge in [-0.05, 0) is 12.1 Å². The molecule has 18 heavy (non-hydrogen) atoms. The van der Waals surface area contributed by atoms with Crippen LogP contribution in [0.5, 0.6) is 0 Å². The largest absolute Gasteiger partial charge is 0.466 e. The van der Waals surface area contributed by atoms with E-state index in [0.29, 0.717) is 9.75 Å². The summed E-state index contributed by atoms with van der Waals surface area (Å²) in [6.45, 7) is 1.62. The molecule has 1 aromatic heterocycles. The van der Waals surface area contributed by atoms with E-state index in [0.717, 1.165) is 11.3 Å². The van der Waals surface area contributed by atoms with Crippen LogP contribution in [0.3, 0.4) is 0 Å². The van der Waals surface area contributed by atoms with Gasteiger partial charge in [-0.1, -0.05) is 0 Å². The van der Waals surface area contributed by atoms with E-state index in [1.807, 2.05) is 0 Å². The summed E-state index contributed by atoms with van der Waals surface area (Å²) >= 11 is 1.15. The molecule has 0 spiro atoms. The van der Waals surface area contributed by atoms with Crippen LogP contribution in [-0.4, -0.2) is 13.1 Å². The first-order valence-electron chi connectivity index (χ1n) is 5.11. The quantitative estimate of drug-likeness (QED) is 0.626. The molecule has 0 unspecified atom stereocenters. The highest BCUT2D eigenvalue weighted by Gasteiger charge is 2.37. The molecule has 2 rings (SSSR count). The molecule has 1 aromatic rings. The molecule has 0 atom stereocenters. The van der Waals surface area contributed by atoms with Crippen molar-refractivity contribution in [2.24, 2.45) is 0 Å². The molecule has 0 fully saturated rings. The molecule has 96 valence electrons. The number of hydrogen-bond acceptors (Lipinski definition) is 5. The summed E-state index contributed by atoms with van der Waals surface area (Å²) in [6.07, 6.45) is 5.44. The minimum atomic E-state index is -1.13. The van der Waals surface area contributed by atoms with Crippen molar-refractivity contribution in [2.75, 3.05) is 7.11 Å². The van der Waals surface area contributed by atoms with E-state index in [9.17, 15) is 9.18 Å². The van der Waals surface area contributed by atoms with Crippen LogP contribution in [0, 0.1) is 5.82 Å². The van der Waals surface area contributed by atoms with Gasteiger partial charge >= 0.3 is 5.97 Å². The van der Waals surface area contributed by atoms with Gasteiger partial charge in [-0.15, -0.1) is 11.3 Å². The molecule has 0 saturated heterocycles. The smallest absolute Gasteiger partial charge is 0.330 e. The van der Waals surface area contributed by atoms with E-state index >= 15 is 0 Å². The zero-order valence-electron chi connectivity index (χ0n) is 9.81. The monoisotopic (exact) mass is 270 g/mol. The average molecular weight is 270 g/mol. The Bertz CT molecular complexity index is 510. The lowest BCUT2D eigenvalue weighted by Gasteiger charge is -2.21. The topological polar surface area (TPSA) is 44.8 Å². The standard InChI is InChI=1S/C12H11FO4S/c1-12(16-5-6-17-12)11-9(13)7-8(18-11)3-4-10(14)15-2/h3-7H,1-2H3/b4-3+. The lowest BCUT2D eigenvalue weighted by Crippen LogP contribution is -2.21. The van der Waals surface area contributed by atoms with Gasteiger partial charge in [0.2, 0.25) is 0 Å². The first-order valence-corrected chi connectivity index (χ1v) is 5.93. The van der Waals surface area contributed by atoms with Crippen molar-refractivity contribution < 1.29 is 23.4 Å². The van der Waals surface area contributed by atoms with Crippen LogP contribution in [0.15, 0.2) is 24.7 Å². The number of ether oxygens (including phenoxy) is 3. The Kier molecular flexibility index (Phi) is 3.38. The number of thiophene rings is 1. The molecule has 1 aliphatic rings. The van der Waals surface area contributed by atoms with Crippen LogP contribution in [-0.2, 0) is 24.8 Å². The Labute approximate surface area is 107 Å². The molecule has 1 aliphatic heterocycles. The Morgan fingerprint density at radius 3 is 2.78 bits per heavy atom. The fraction of sp³-hybridized carbons (Fsp3) is 0.250. The minimum Gasteiger partial charge on any atom is -0.466 e. The normalized spacial score (nSPS) is 16.6. The third-order valence-electron chi connectivity index (χ3n) is 2.34. The Balaban J connectivity index is 2.22. The van der Waals surface area contributed by atoms with Gasteiger partial charge in [-0.25, -0.2) is 9.18 Å². The molecular weight excluding hydrogens is 259 g/mol. The highest BCUT2D eigenvalue weighted by molar-refractivity contribution is 7.13. The lowest BCUT2D eigenvalue weighted by molar-refractivity contribution is -0.134. The van der Waals surface area contributed by atoms with Crippen molar-refractivity contribution in [3.63, 3.8) is 0 Å². The number of halogens is 1. The van der Waals surface area contributed by atoms with Crippen LogP contribution in [0.4, 0.5) is 4.39 Å². The van der Waals surface area contributed by atoms with E-state index in [1.54, 1.807) is 6.92 Å². The van der Waals surface area contributed by atoms with Crippen molar-refractivity contribution in [2.45, 2.75) is 12.7 Å². The van der Waals surface area contributed by atoms with Crippen LogP contribution in [0.1, 0.15) is 16.7 Å². The molecule has 0 saturated carbocycles. The molecule has 0 bridgehead atoms. The van der Waals surface area contributed by atoms with Crippen molar-refractivity contribution in [3.8, 4) is 0 Å². The Morgan fingerprint density at radius 1 is 1.50 bits per heavy atom. The zero-order chi connectivity index (χ0) is 13.2. The maximum atomic E-state index is 13.8. The summed E-state index contributed by atoms with van der Waals surface area (Å²) in [5.74, 6) is -2.06. The van der Waals surface area contributed by atoms with Gasteiger partial charge in [0, 0.05) is 17.9 Å². The van der Waals surface area contributed by atoms with Crippen LogP contribution < -0.4 is 0 Å². The number of rotatable bonds is 3. The molecule has 0 aliphatic carbocycles. The Hall–Kier alpha value is -1.82. The molecule has 6 heteroatoms. The summed E-state index contributed by atoms with van der Waals surface area (Å²) < 4.78 is 28.7. The summed E-state index contributed by atoms with van der Waals surface area (Å²) in [4.78, 5) is 11.8. The second kappa shape index (κ2) is 4.81. The second-order valence-corrected chi connectivity index (χ2v) is 4.72. The zero-order valence-corrected chi connectivity index (χ0v) is 10.6. The second-order valence-electron chi connectivity index (χ2n) is 3.64. The van der Waals surface area contributed by atoms with Crippen molar-refractivity contribution >= 4 is 23.4 Å². The van der Waals surface area contributed by atoms with Gasteiger partial charge < -0.3 is 14.2 Å². The third-order valence-corrected chi connectivity index (χ3v) is 3.60. The van der Waals surface area contributed by atoms with Gasteiger partial charge in [0.15, 0.2) is 0 Å². The van der Waals surface area contributed by atoms with Crippen molar-refractivity contribution in [1.82, 2.24) is 0 Å². The van der Waals surface area contributed by atoms with E-state index in [-0.39, 0.29) is 0 Å².